The number of carbonyl (C=O) groups excluding carboxylic acids is 2. The van der Waals surface area contributed by atoms with Gasteiger partial charge in [-0.25, -0.2) is 9.79 Å². The van der Waals surface area contributed by atoms with Gasteiger partial charge < -0.3 is 14.7 Å². The number of hydrogen-bond acceptors (Lipinski definition) is 5. The van der Waals surface area contributed by atoms with Gasteiger partial charge >= 0.3 is 6.03 Å². The van der Waals surface area contributed by atoms with Crippen molar-refractivity contribution in [2.24, 2.45) is 4.99 Å². The summed E-state index contributed by atoms with van der Waals surface area (Å²) in [6.07, 6.45) is -0.499. The Kier molecular flexibility index (Phi) is 3.91. The van der Waals surface area contributed by atoms with Crippen LogP contribution in [0.25, 0.3) is 0 Å². The molecule has 1 aromatic rings. The number of likely N-dealkylation sites (N-methyl/N-ethyl adjacent to an activating group) is 1. The van der Waals surface area contributed by atoms with Crippen LogP contribution in [0.4, 0.5) is 10.5 Å². The van der Waals surface area contributed by atoms with E-state index in [1.54, 1.807) is 18.9 Å². The van der Waals surface area contributed by atoms with Crippen LogP contribution in [0.15, 0.2) is 41.4 Å². The average Bonchev–Trinajstić information content (AvgIpc) is 3.16. The first-order valence-corrected chi connectivity index (χ1v) is 8.86. The first-order valence-electron chi connectivity index (χ1n) is 8.48. The molecule has 2 unspecified atom stereocenters. The standard InChI is InChI=1S/C18H20ClN5O2/c1-11(2)10-24-16(25)14-15(21(3)18(24)26)20-17-22(8-9-23(14)17)13-6-4-12(19)5-7-13/h4-7,14-15H,1,8-10H2,2-3H3. The van der Waals surface area contributed by atoms with Crippen molar-refractivity contribution >= 4 is 35.2 Å². The van der Waals surface area contributed by atoms with Crippen LogP contribution in [0.2, 0.25) is 5.02 Å². The van der Waals surface area contributed by atoms with Crippen LogP contribution in [0.3, 0.4) is 0 Å². The number of benzene rings is 1. The first-order chi connectivity index (χ1) is 12.4. The van der Waals surface area contributed by atoms with E-state index >= 15 is 0 Å². The Morgan fingerprint density at radius 3 is 2.62 bits per heavy atom. The van der Waals surface area contributed by atoms with Crippen molar-refractivity contribution in [2.75, 3.05) is 31.6 Å². The Labute approximate surface area is 157 Å². The van der Waals surface area contributed by atoms with Gasteiger partial charge in [0.2, 0.25) is 5.96 Å². The zero-order valence-corrected chi connectivity index (χ0v) is 15.5. The van der Waals surface area contributed by atoms with Gasteiger partial charge in [-0.3, -0.25) is 9.69 Å². The predicted octanol–water partition coefficient (Wildman–Crippen LogP) is 2.00. The van der Waals surface area contributed by atoms with E-state index < -0.39 is 12.2 Å². The van der Waals surface area contributed by atoms with Crippen molar-refractivity contribution in [3.05, 3.63) is 41.4 Å². The second-order valence-electron chi connectivity index (χ2n) is 6.88. The molecule has 0 radical (unpaired) electrons. The number of nitrogens with zero attached hydrogens (tertiary/aromatic N) is 5. The minimum absolute atomic E-state index is 0.210. The fourth-order valence-corrected chi connectivity index (χ4v) is 3.84. The molecular weight excluding hydrogens is 354 g/mol. The topological polar surface area (TPSA) is 59.5 Å². The second kappa shape index (κ2) is 6.02. The lowest BCUT2D eigenvalue weighted by molar-refractivity contribution is -0.136. The van der Waals surface area contributed by atoms with Crippen LogP contribution in [-0.4, -0.2) is 71.5 Å². The van der Waals surface area contributed by atoms with Gasteiger partial charge in [-0.1, -0.05) is 23.8 Å². The number of urea groups is 1. The maximum atomic E-state index is 13.0. The molecule has 2 saturated heterocycles. The highest BCUT2D eigenvalue weighted by Crippen LogP contribution is 2.33. The third kappa shape index (κ3) is 2.46. The molecule has 8 heteroatoms. The first kappa shape index (κ1) is 16.9. The van der Waals surface area contributed by atoms with Crippen molar-refractivity contribution in [3.8, 4) is 0 Å². The van der Waals surface area contributed by atoms with Crippen LogP contribution in [0.1, 0.15) is 6.92 Å². The van der Waals surface area contributed by atoms with E-state index in [-0.39, 0.29) is 18.5 Å². The molecular formula is C18H20ClN5O2. The van der Waals surface area contributed by atoms with Crippen LogP contribution in [-0.2, 0) is 4.79 Å². The molecule has 0 N–H and O–H groups in total. The van der Waals surface area contributed by atoms with E-state index in [0.29, 0.717) is 11.6 Å². The molecule has 4 rings (SSSR count). The van der Waals surface area contributed by atoms with Gasteiger partial charge in [-0.15, -0.1) is 0 Å². The highest BCUT2D eigenvalue weighted by Gasteiger charge is 2.54. The Morgan fingerprint density at radius 1 is 1.27 bits per heavy atom. The molecule has 3 heterocycles. The summed E-state index contributed by atoms with van der Waals surface area (Å²) >= 11 is 5.98. The van der Waals surface area contributed by atoms with E-state index in [1.807, 2.05) is 29.2 Å². The predicted molar refractivity (Wildman–Crippen MR) is 100 cm³/mol. The molecule has 136 valence electrons. The number of hydrogen-bond donors (Lipinski definition) is 0. The van der Waals surface area contributed by atoms with Crippen LogP contribution >= 0.6 is 11.6 Å². The van der Waals surface area contributed by atoms with Gasteiger partial charge in [-0.2, -0.15) is 0 Å². The summed E-state index contributed by atoms with van der Waals surface area (Å²) in [6.45, 7) is 7.28. The molecule has 3 amide bonds. The van der Waals surface area contributed by atoms with Gasteiger partial charge in [-0.05, 0) is 31.2 Å². The zero-order chi connectivity index (χ0) is 18.6. The third-order valence-electron chi connectivity index (χ3n) is 4.94. The lowest BCUT2D eigenvalue weighted by Gasteiger charge is -2.40. The molecule has 7 nitrogen and oxygen atoms in total. The van der Waals surface area contributed by atoms with Crippen LogP contribution in [0, 0.1) is 0 Å². The summed E-state index contributed by atoms with van der Waals surface area (Å²) in [5, 5.41) is 0.669. The van der Waals surface area contributed by atoms with Crippen molar-refractivity contribution in [1.82, 2.24) is 14.7 Å². The molecule has 1 aromatic carbocycles. The number of fused-ring (bicyclic) bond motifs is 3. The molecule has 2 fully saturated rings. The summed E-state index contributed by atoms with van der Waals surface area (Å²) in [6, 6.07) is 6.71. The number of guanidine groups is 1. The largest absolute Gasteiger partial charge is 0.328 e. The van der Waals surface area contributed by atoms with Crippen LogP contribution in [0.5, 0.6) is 0 Å². The van der Waals surface area contributed by atoms with Crippen LogP contribution < -0.4 is 4.90 Å². The van der Waals surface area contributed by atoms with Gasteiger partial charge in [0, 0.05) is 30.8 Å². The number of anilines is 1. The molecule has 0 aliphatic carbocycles. The Bertz CT molecular complexity index is 821. The highest BCUT2D eigenvalue weighted by molar-refractivity contribution is 6.30. The third-order valence-corrected chi connectivity index (χ3v) is 5.20. The lowest BCUT2D eigenvalue weighted by atomic mass is 10.1. The summed E-state index contributed by atoms with van der Waals surface area (Å²) in [5.41, 5.74) is 1.73. The normalized spacial score (nSPS) is 24.8. The minimum Gasteiger partial charge on any atom is -0.325 e. The highest BCUT2D eigenvalue weighted by atomic mass is 35.5. The molecule has 0 aromatic heterocycles. The number of imide groups is 1. The molecule has 3 aliphatic heterocycles. The smallest absolute Gasteiger partial charge is 0.325 e. The SMILES string of the molecule is C=C(C)CN1C(=O)C2C(N=C3N(c4ccc(Cl)cc4)CCN32)N(C)C1=O. The van der Waals surface area contributed by atoms with Gasteiger partial charge in [0.1, 0.15) is 0 Å². The molecule has 3 aliphatic rings. The lowest BCUT2D eigenvalue weighted by Crippen LogP contribution is -2.65. The Morgan fingerprint density at radius 2 is 1.96 bits per heavy atom. The van der Waals surface area contributed by atoms with E-state index in [0.717, 1.165) is 23.8 Å². The molecule has 0 spiro atoms. The fraction of sp³-hybridized carbons (Fsp3) is 0.389. The van der Waals surface area contributed by atoms with Gasteiger partial charge in [0.15, 0.2) is 12.2 Å². The Balaban J connectivity index is 1.66. The quantitative estimate of drug-likeness (QED) is 0.760. The number of halogens is 1. The number of amides is 3. The number of rotatable bonds is 3. The molecule has 0 bridgehead atoms. The average molecular weight is 374 g/mol. The summed E-state index contributed by atoms with van der Waals surface area (Å²) < 4.78 is 0. The molecule has 0 saturated carbocycles. The minimum atomic E-state index is -0.499. The van der Waals surface area contributed by atoms with Gasteiger partial charge in [0.05, 0.1) is 6.54 Å². The van der Waals surface area contributed by atoms with E-state index in [1.165, 1.54) is 4.90 Å². The van der Waals surface area contributed by atoms with Gasteiger partial charge in [0.25, 0.3) is 5.91 Å². The maximum absolute atomic E-state index is 13.0. The van der Waals surface area contributed by atoms with Crippen molar-refractivity contribution in [3.63, 3.8) is 0 Å². The van der Waals surface area contributed by atoms with E-state index in [4.69, 9.17) is 16.6 Å². The Hall–Kier alpha value is -2.54. The second-order valence-corrected chi connectivity index (χ2v) is 7.32. The molecule has 2 atom stereocenters. The van der Waals surface area contributed by atoms with E-state index in [9.17, 15) is 9.59 Å². The van der Waals surface area contributed by atoms with Crippen molar-refractivity contribution in [1.29, 1.82) is 0 Å². The van der Waals surface area contributed by atoms with Crippen molar-refractivity contribution in [2.45, 2.75) is 19.1 Å². The zero-order valence-electron chi connectivity index (χ0n) is 14.7. The summed E-state index contributed by atoms with van der Waals surface area (Å²) in [7, 11) is 1.69. The maximum Gasteiger partial charge on any atom is 0.328 e. The summed E-state index contributed by atoms with van der Waals surface area (Å²) in [4.78, 5) is 37.2. The fourth-order valence-electron chi connectivity index (χ4n) is 3.72. The molecule has 26 heavy (non-hydrogen) atoms. The summed E-state index contributed by atoms with van der Waals surface area (Å²) in [5.74, 6) is 0.519. The number of aliphatic imine (C=N–C) groups is 1. The van der Waals surface area contributed by atoms with E-state index in [2.05, 4.69) is 11.5 Å². The van der Waals surface area contributed by atoms with Crippen molar-refractivity contribution < 1.29 is 9.59 Å². The monoisotopic (exact) mass is 373 g/mol. The number of carbonyl (C=O) groups is 2.